The molecule has 2 aliphatic heterocycles. The third-order valence-electron chi connectivity index (χ3n) is 11.0. The molecule has 0 bridgehead atoms. The number of aromatic nitrogens is 2. The van der Waals surface area contributed by atoms with Crippen molar-refractivity contribution in [1.82, 2.24) is 30.4 Å². The predicted octanol–water partition coefficient (Wildman–Crippen LogP) is 4.11. The van der Waals surface area contributed by atoms with Crippen LogP contribution in [0.5, 0.6) is 5.88 Å². The van der Waals surface area contributed by atoms with Crippen LogP contribution in [0.15, 0.2) is 59.1 Å². The van der Waals surface area contributed by atoms with E-state index < -0.39 is 80.2 Å². The molecule has 4 aromatic rings. The van der Waals surface area contributed by atoms with Gasteiger partial charge in [0.05, 0.1) is 23.0 Å². The molecule has 8 rings (SSSR count). The van der Waals surface area contributed by atoms with E-state index in [1.807, 2.05) is 12.2 Å². The van der Waals surface area contributed by atoms with E-state index in [1.165, 1.54) is 47.4 Å². The highest BCUT2D eigenvalue weighted by Gasteiger charge is 2.62. The average molecular weight is 791 g/mol. The molecule has 0 spiro atoms. The van der Waals surface area contributed by atoms with Crippen LogP contribution in [-0.4, -0.2) is 82.6 Å². The molecular formula is C39H40F2N6O8S. The summed E-state index contributed by atoms with van der Waals surface area (Å²) in [5.41, 5.74) is -0.910. The molecule has 2 saturated carbocycles. The van der Waals surface area contributed by atoms with Gasteiger partial charge in [0.15, 0.2) is 0 Å². The zero-order valence-electron chi connectivity index (χ0n) is 30.4. The van der Waals surface area contributed by atoms with E-state index in [4.69, 9.17) is 9.26 Å². The van der Waals surface area contributed by atoms with E-state index in [-0.39, 0.29) is 43.0 Å². The van der Waals surface area contributed by atoms with Gasteiger partial charge in [0.1, 0.15) is 35.4 Å². The number of fused-ring (bicyclic) bond motifs is 5. The summed E-state index contributed by atoms with van der Waals surface area (Å²) in [5, 5.41) is 9.99. The Bertz CT molecular complexity index is 2400. The van der Waals surface area contributed by atoms with Crippen LogP contribution in [0, 0.1) is 24.5 Å². The Labute approximate surface area is 320 Å². The molecule has 0 radical (unpaired) electrons. The number of allylic oxidation sites excluding steroid dienone is 1. The quantitative estimate of drug-likeness (QED) is 0.182. The lowest BCUT2D eigenvalue weighted by Crippen LogP contribution is -2.58. The van der Waals surface area contributed by atoms with Crippen LogP contribution in [0.1, 0.15) is 74.0 Å². The molecule has 14 nitrogen and oxygen atoms in total. The Kier molecular flexibility index (Phi) is 9.75. The molecular weight excluding hydrogens is 751 g/mol. The summed E-state index contributed by atoms with van der Waals surface area (Å²) < 4.78 is 68.3. The summed E-state index contributed by atoms with van der Waals surface area (Å²) in [6.07, 6.45) is 6.65. The van der Waals surface area contributed by atoms with E-state index in [9.17, 15) is 36.4 Å². The molecule has 2 aromatic carbocycles. The van der Waals surface area contributed by atoms with E-state index in [0.29, 0.717) is 54.0 Å². The third-order valence-corrected chi connectivity index (χ3v) is 12.8. The number of halogens is 2. The highest BCUT2D eigenvalue weighted by atomic mass is 32.2. The summed E-state index contributed by atoms with van der Waals surface area (Å²) in [6.45, 7) is 1.49. The van der Waals surface area contributed by atoms with E-state index in [0.717, 1.165) is 6.42 Å². The van der Waals surface area contributed by atoms with Crippen molar-refractivity contribution >= 4 is 55.3 Å². The van der Waals surface area contributed by atoms with Gasteiger partial charge >= 0.3 is 0 Å². The summed E-state index contributed by atoms with van der Waals surface area (Å²) in [6, 6.07) is 7.05. The van der Waals surface area contributed by atoms with Crippen LogP contribution in [0.25, 0.3) is 21.7 Å². The van der Waals surface area contributed by atoms with E-state index in [2.05, 4.69) is 25.5 Å². The molecule has 0 unspecified atom stereocenters. The van der Waals surface area contributed by atoms with Crippen molar-refractivity contribution in [3.05, 3.63) is 77.7 Å². The predicted molar refractivity (Wildman–Crippen MR) is 197 cm³/mol. The summed E-state index contributed by atoms with van der Waals surface area (Å²) in [7, 11) is -3.95. The normalized spacial score (nSPS) is 26.4. The smallest absolute Gasteiger partial charge is 0.290 e. The average Bonchev–Trinajstić information content (AvgIpc) is 4.04. The van der Waals surface area contributed by atoms with Crippen molar-refractivity contribution in [1.29, 1.82) is 0 Å². The minimum absolute atomic E-state index is 0.0257. The number of pyridine rings is 1. The Balaban J connectivity index is 1.14. The van der Waals surface area contributed by atoms with Crippen molar-refractivity contribution in [2.45, 2.75) is 93.7 Å². The number of amides is 4. The standard InChI is InChI=1S/C39H40F2N6O8S/c1-21-15-33(55-45-21)35(49)42-30-8-6-4-2-3-5-7-22-19-39(22,38(51)46-56(52,53)26-11-12-26)44-34(48)32-18-25(20-47(32)37(30)50)54-36-28-14-10-23(40)16-29(28)27-13-9-24(41)17-31(27)43-36/h5,7,9-10,13-17,22,25-26,30,32H,2-4,6,8,11-12,18-20H2,1H3,(H,42,49)(H,44,48)(H,46,51)/b7-5-/t22-,25-,30+,32+,39-/m1/s1. The topological polar surface area (TPSA) is 190 Å². The number of carbonyl (C=O) groups excluding carboxylic acids is 4. The first-order valence-corrected chi connectivity index (χ1v) is 20.3. The van der Waals surface area contributed by atoms with Crippen LogP contribution >= 0.6 is 0 Å². The molecule has 2 aliphatic carbocycles. The largest absolute Gasteiger partial charge is 0.472 e. The summed E-state index contributed by atoms with van der Waals surface area (Å²) >= 11 is 0. The van der Waals surface area contributed by atoms with E-state index in [1.54, 1.807) is 6.92 Å². The number of rotatable bonds is 7. The van der Waals surface area contributed by atoms with Gasteiger partial charge in [0.2, 0.25) is 33.5 Å². The molecule has 17 heteroatoms. The number of hydrogen-bond acceptors (Lipinski definition) is 10. The van der Waals surface area contributed by atoms with Gasteiger partial charge in [-0.2, -0.15) is 0 Å². The first-order chi connectivity index (χ1) is 26.8. The number of ether oxygens (including phenoxy) is 1. The molecule has 2 aromatic heterocycles. The van der Waals surface area contributed by atoms with Crippen LogP contribution in [0.3, 0.4) is 0 Å². The van der Waals surface area contributed by atoms with Gasteiger partial charge in [-0.25, -0.2) is 22.2 Å². The van der Waals surface area contributed by atoms with Crippen LogP contribution in [0.2, 0.25) is 0 Å². The van der Waals surface area contributed by atoms with Gasteiger partial charge in [-0.05, 0) is 81.2 Å². The molecule has 3 fully saturated rings. The third kappa shape index (κ3) is 7.43. The molecule has 4 amide bonds. The molecule has 5 atom stereocenters. The van der Waals surface area contributed by atoms with Crippen LogP contribution < -0.4 is 20.1 Å². The zero-order valence-corrected chi connectivity index (χ0v) is 31.2. The second-order valence-electron chi connectivity index (χ2n) is 15.1. The Hall–Kier alpha value is -5.45. The highest BCUT2D eigenvalue weighted by Crippen LogP contribution is 2.46. The summed E-state index contributed by atoms with van der Waals surface area (Å²) in [5.74, 6) is -4.47. The van der Waals surface area contributed by atoms with Gasteiger partial charge in [-0.15, -0.1) is 0 Å². The van der Waals surface area contributed by atoms with Gasteiger partial charge in [-0.3, -0.25) is 23.9 Å². The van der Waals surface area contributed by atoms with Gasteiger partial charge < -0.3 is 24.8 Å². The molecule has 3 N–H and O–H groups in total. The maximum atomic E-state index is 14.6. The minimum atomic E-state index is -3.95. The maximum Gasteiger partial charge on any atom is 0.290 e. The zero-order chi connectivity index (χ0) is 39.4. The Morgan fingerprint density at radius 3 is 2.52 bits per heavy atom. The second-order valence-corrected chi connectivity index (χ2v) is 17.1. The monoisotopic (exact) mass is 790 g/mol. The van der Waals surface area contributed by atoms with Gasteiger partial charge in [-0.1, -0.05) is 30.2 Å². The van der Waals surface area contributed by atoms with Crippen molar-refractivity contribution in [2.24, 2.45) is 5.92 Å². The van der Waals surface area contributed by atoms with Crippen molar-refractivity contribution in [3.63, 3.8) is 0 Å². The van der Waals surface area contributed by atoms with Crippen molar-refractivity contribution in [3.8, 4) is 5.88 Å². The van der Waals surface area contributed by atoms with Crippen molar-refractivity contribution < 1.29 is 45.6 Å². The fourth-order valence-electron chi connectivity index (χ4n) is 7.72. The summed E-state index contributed by atoms with van der Waals surface area (Å²) in [4.78, 5) is 61.9. The highest BCUT2D eigenvalue weighted by molar-refractivity contribution is 7.91. The lowest BCUT2D eigenvalue weighted by molar-refractivity contribution is -0.141. The molecule has 1 saturated heterocycles. The number of nitrogens with zero attached hydrogens (tertiary/aromatic N) is 3. The molecule has 4 heterocycles. The maximum absolute atomic E-state index is 14.6. The van der Waals surface area contributed by atoms with Crippen LogP contribution in [-0.2, 0) is 24.4 Å². The number of hydrogen-bond donors (Lipinski definition) is 3. The lowest BCUT2D eigenvalue weighted by atomic mass is 10.0. The lowest BCUT2D eigenvalue weighted by Gasteiger charge is -2.29. The van der Waals surface area contributed by atoms with Crippen LogP contribution in [0.4, 0.5) is 8.78 Å². The first kappa shape index (κ1) is 37.5. The number of sulfonamides is 1. The number of nitrogens with one attached hydrogen (secondary N) is 3. The van der Waals surface area contributed by atoms with Crippen molar-refractivity contribution in [2.75, 3.05) is 6.54 Å². The number of benzene rings is 2. The SMILES string of the molecule is Cc1cc(C(=O)N[C@H]2CCCCC/C=C\[C@@H]3C[C@@]3(C(=O)NS(=O)(=O)C3CC3)NC(=O)[C@@H]3C[C@@H](Oc4nc5cc(F)ccc5c5cc(F)ccc45)CN3C2=O)on1. The fourth-order valence-corrected chi connectivity index (χ4v) is 9.08. The first-order valence-electron chi connectivity index (χ1n) is 18.8. The number of aryl methyl sites for hydroxylation is 1. The van der Waals surface area contributed by atoms with Gasteiger partial charge in [0.25, 0.3) is 11.8 Å². The fraction of sp³-hybridized carbons (Fsp3) is 0.436. The Morgan fingerprint density at radius 2 is 1.77 bits per heavy atom. The van der Waals surface area contributed by atoms with E-state index >= 15 is 0 Å². The molecule has 294 valence electrons. The molecule has 4 aliphatic rings. The van der Waals surface area contributed by atoms with Gasteiger partial charge in [0, 0.05) is 35.2 Å². The number of carbonyl (C=O) groups is 4. The molecule has 56 heavy (non-hydrogen) atoms. The second kappa shape index (κ2) is 14.6. The minimum Gasteiger partial charge on any atom is -0.472 e. The Morgan fingerprint density at radius 1 is 1.00 bits per heavy atom.